The maximum Gasteiger partial charge on any atom is 0.206 e. The molecule has 6 heteroatoms. The highest BCUT2D eigenvalue weighted by molar-refractivity contribution is 5.79. The lowest BCUT2D eigenvalue weighted by Gasteiger charge is -2.15. The highest BCUT2D eigenvalue weighted by Crippen LogP contribution is 1.96. The number of rotatable bonds is 4. The number of guanidine groups is 1. The molecule has 0 aliphatic heterocycles. The average Bonchev–Trinajstić information content (AvgIpc) is 2.68. The Morgan fingerprint density at radius 1 is 1.50 bits per heavy atom. The van der Waals surface area contributed by atoms with E-state index in [9.17, 15) is 0 Å². The summed E-state index contributed by atoms with van der Waals surface area (Å²) in [5, 5.41) is 3.13. The standard InChI is InChI=1S/C10H20N6/c1-8(2)13-10(15-11)14-9(3)6-16-5-4-12-7-16/h4-5,7-9H,6,11H2,1-3H3,(H2,13,14,15). The van der Waals surface area contributed by atoms with Gasteiger partial charge in [-0.15, -0.1) is 0 Å². The molecule has 0 bridgehead atoms. The molecule has 1 aromatic heterocycles. The van der Waals surface area contributed by atoms with E-state index in [-0.39, 0.29) is 6.04 Å². The summed E-state index contributed by atoms with van der Waals surface area (Å²) in [6.07, 6.45) is 5.44. The SMILES string of the molecule is CC(Cn1ccnc1)N=C(NN)NC(C)C. The highest BCUT2D eigenvalue weighted by Gasteiger charge is 2.04. The smallest absolute Gasteiger partial charge is 0.206 e. The molecule has 4 N–H and O–H groups in total. The van der Waals surface area contributed by atoms with Crippen LogP contribution < -0.4 is 16.6 Å². The van der Waals surface area contributed by atoms with Gasteiger partial charge in [-0.3, -0.25) is 5.43 Å². The zero-order valence-corrected chi connectivity index (χ0v) is 10.0. The van der Waals surface area contributed by atoms with Crippen LogP contribution in [-0.2, 0) is 6.54 Å². The van der Waals surface area contributed by atoms with Crippen molar-refractivity contribution in [3.63, 3.8) is 0 Å². The Labute approximate surface area is 95.9 Å². The minimum absolute atomic E-state index is 0.131. The second-order valence-electron chi connectivity index (χ2n) is 4.03. The number of imidazole rings is 1. The Kier molecular flexibility index (Phi) is 4.78. The van der Waals surface area contributed by atoms with Gasteiger partial charge in [0.1, 0.15) is 0 Å². The van der Waals surface area contributed by atoms with Crippen LogP contribution in [0, 0.1) is 0 Å². The predicted octanol–water partition coefficient (Wildman–Crippen LogP) is 0.0889. The van der Waals surface area contributed by atoms with Crippen molar-refractivity contribution in [1.29, 1.82) is 0 Å². The molecule has 1 unspecified atom stereocenters. The molecule has 0 saturated carbocycles. The van der Waals surface area contributed by atoms with Gasteiger partial charge in [0, 0.05) is 25.0 Å². The first-order valence-electron chi connectivity index (χ1n) is 5.38. The molecule has 0 saturated heterocycles. The van der Waals surface area contributed by atoms with E-state index in [1.165, 1.54) is 0 Å². The molecule has 0 aliphatic carbocycles. The molecular formula is C10H20N6. The Morgan fingerprint density at radius 3 is 2.75 bits per heavy atom. The van der Waals surface area contributed by atoms with Crippen molar-refractivity contribution in [3.05, 3.63) is 18.7 Å². The third-order valence-corrected chi connectivity index (χ3v) is 1.95. The largest absolute Gasteiger partial charge is 0.353 e. The summed E-state index contributed by atoms with van der Waals surface area (Å²) in [4.78, 5) is 8.41. The van der Waals surface area contributed by atoms with Crippen LogP contribution in [-0.4, -0.2) is 27.6 Å². The zero-order chi connectivity index (χ0) is 12.0. The number of hydrogen-bond donors (Lipinski definition) is 3. The highest BCUT2D eigenvalue weighted by atomic mass is 15.3. The fourth-order valence-electron chi connectivity index (χ4n) is 1.35. The summed E-state index contributed by atoms with van der Waals surface area (Å²) in [5.41, 5.74) is 2.56. The molecule has 0 radical (unpaired) electrons. The van der Waals surface area contributed by atoms with Crippen molar-refractivity contribution in [2.45, 2.75) is 39.4 Å². The molecule has 1 heterocycles. The molecule has 0 aliphatic rings. The number of hydrazine groups is 1. The van der Waals surface area contributed by atoms with E-state index >= 15 is 0 Å². The van der Waals surface area contributed by atoms with Gasteiger partial charge in [0.05, 0.1) is 12.4 Å². The molecule has 1 atom stereocenters. The minimum Gasteiger partial charge on any atom is -0.353 e. The normalized spacial score (nSPS) is 13.9. The Morgan fingerprint density at radius 2 is 2.25 bits per heavy atom. The summed E-state index contributed by atoms with van der Waals surface area (Å²) in [5.74, 6) is 5.99. The number of aromatic nitrogens is 2. The van der Waals surface area contributed by atoms with Gasteiger partial charge in [0.2, 0.25) is 5.96 Å². The summed E-state index contributed by atoms with van der Waals surface area (Å²) in [7, 11) is 0. The van der Waals surface area contributed by atoms with E-state index in [1.54, 1.807) is 12.5 Å². The lowest BCUT2D eigenvalue weighted by molar-refractivity contribution is 0.581. The van der Waals surface area contributed by atoms with Crippen LogP contribution in [0.2, 0.25) is 0 Å². The lowest BCUT2D eigenvalue weighted by atomic mass is 10.3. The van der Waals surface area contributed by atoms with E-state index in [4.69, 9.17) is 5.84 Å². The maximum atomic E-state index is 5.38. The van der Waals surface area contributed by atoms with E-state index in [0.29, 0.717) is 12.0 Å². The second-order valence-corrected chi connectivity index (χ2v) is 4.03. The first-order valence-corrected chi connectivity index (χ1v) is 5.38. The molecule has 0 fully saturated rings. The zero-order valence-electron chi connectivity index (χ0n) is 10.0. The van der Waals surface area contributed by atoms with Crippen molar-refractivity contribution in [1.82, 2.24) is 20.3 Å². The molecule has 6 nitrogen and oxygen atoms in total. The summed E-state index contributed by atoms with van der Waals surface area (Å²) in [6, 6.07) is 0.432. The molecule has 0 amide bonds. The van der Waals surface area contributed by atoms with Crippen molar-refractivity contribution < 1.29 is 0 Å². The number of nitrogens with one attached hydrogen (secondary N) is 2. The third-order valence-electron chi connectivity index (χ3n) is 1.95. The first-order chi connectivity index (χ1) is 7.61. The fraction of sp³-hybridized carbons (Fsp3) is 0.600. The van der Waals surface area contributed by atoms with Crippen LogP contribution in [0.4, 0.5) is 0 Å². The summed E-state index contributed by atoms with van der Waals surface area (Å²) in [6.45, 7) is 6.88. The van der Waals surface area contributed by atoms with Crippen molar-refractivity contribution >= 4 is 5.96 Å². The van der Waals surface area contributed by atoms with Gasteiger partial charge >= 0.3 is 0 Å². The minimum atomic E-state index is 0.131. The number of nitrogens with zero attached hydrogens (tertiary/aromatic N) is 3. The van der Waals surface area contributed by atoms with Gasteiger partial charge in [-0.25, -0.2) is 15.8 Å². The van der Waals surface area contributed by atoms with Gasteiger partial charge in [-0.05, 0) is 20.8 Å². The van der Waals surface area contributed by atoms with Crippen LogP contribution in [0.3, 0.4) is 0 Å². The number of hydrogen-bond acceptors (Lipinski definition) is 3. The van der Waals surface area contributed by atoms with E-state index < -0.39 is 0 Å². The average molecular weight is 224 g/mol. The van der Waals surface area contributed by atoms with E-state index in [0.717, 1.165) is 6.54 Å². The van der Waals surface area contributed by atoms with Crippen LogP contribution in [0.25, 0.3) is 0 Å². The topological polar surface area (TPSA) is 80.3 Å². The maximum absolute atomic E-state index is 5.38. The van der Waals surface area contributed by atoms with Crippen LogP contribution >= 0.6 is 0 Å². The molecule has 0 aromatic carbocycles. The monoisotopic (exact) mass is 224 g/mol. The van der Waals surface area contributed by atoms with E-state index in [1.807, 2.05) is 31.5 Å². The van der Waals surface area contributed by atoms with Crippen LogP contribution in [0.5, 0.6) is 0 Å². The quantitative estimate of drug-likeness (QED) is 0.293. The number of nitrogens with two attached hydrogens (primary N) is 1. The molecule has 16 heavy (non-hydrogen) atoms. The fourth-order valence-corrected chi connectivity index (χ4v) is 1.35. The second kappa shape index (κ2) is 6.12. The van der Waals surface area contributed by atoms with Crippen LogP contribution in [0.1, 0.15) is 20.8 Å². The van der Waals surface area contributed by atoms with Gasteiger partial charge in [-0.1, -0.05) is 0 Å². The van der Waals surface area contributed by atoms with Crippen molar-refractivity contribution in [3.8, 4) is 0 Å². The van der Waals surface area contributed by atoms with Gasteiger partial charge in [-0.2, -0.15) is 0 Å². The first kappa shape index (κ1) is 12.5. The summed E-state index contributed by atoms with van der Waals surface area (Å²) >= 11 is 0. The third kappa shape index (κ3) is 4.31. The predicted molar refractivity (Wildman–Crippen MR) is 64.7 cm³/mol. The Balaban J connectivity index is 2.52. The van der Waals surface area contributed by atoms with Crippen molar-refractivity contribution in [2.24, 2.45) is 10.8 Å². The molecule has 0 spiro atoms. The van der Waals surface area contributed by atoms with Gasteiger partial charge in [0.25, 0.3) is 0 Å². The lowest BCUT2D eigenvalue weighted by Crippen LogP contribution is -2.45. The van der Waals surface area contributed by atoms with E-state index in [2.05, 4.69) is 20.7 Å². The molecular weight excluding hydrogens is 204 g/mol. The van der Waals surface area contributed by atoms with Crippen LogP contribution in [0.15, 0.2) is 23.7 Å². The molecule has 1 rings (SSSR count). The summed E-state index contributed by atoms with van der Waals surface area (Å²) < 4.78 is 1.98. The Bertz CT molecular complexity index is 316. The van der Waals surface area contributed by atoms with Crippen molar-refractivity contribution in [2.75, 3.05) is 0 Å². The van der Waals surface area contributed by atoms with Gasteiger partial charge < -0.3 is 9.88 Å². The van der Waals surface area contributed by atoms with Gasteiger partial charge in [0.15, 0.2) is 0 Å². The Hall–Kier alpha value is -1.56. The molecule has 90 valence electrons. The number of aliphatic imine (C=N–C) groups is 1. The molecule has 1 aromatic rings.